The van der Waals surface area contributed by atoms with Gasteiger partial charge in [-0.25, -0.2) is 14.7 Å². The van der Waals surface area contributed by atoms with Crippen LogP contribution in [0, 0.1) is 25.7 Å². The number of hydrogen-bond acceptors (Lipinski definition) is 3. The fraction of sp³-hybridized carbons (Fsp3) is 0.571. The van der Waals surface area contributed by atoms with Gasteiger partial charge in [0.05, 0.1) is 12.2 Å². The Morgan fingerprint density at radius 1 is 1.22 bits per heavy atom. The van der Waals surface area contributed by atoms with Gasteiger partial charge in [-0.1, -0.05) is 19.9 Å². The van der Waals surface area contributed by atoms with Gasteiger partial charge in [0.15, 0.2) is 11.8 Å². The Balaban J connectivity index is 1.71. The number of nitrogens with zero attached hydrogens (tertiary/aromatic N) is 5. The van der Waals surface area contributed by atoms with Gasteiger partial charge in [-0.15, -0.1) is 0 Å². The van der Waals surface area contributed by atoms with Crippen molar-refractivity contribution < 1.29 is 0 Å². The molecule has 0 spiro atoms. The highest BCUT2D eigenvalue weighted by Crippen LogP contribution is 2.21. The lowest BCUT2D eigenvalue weighted by Crippen LogP contribution is -2.48. The zero-order valence-corrected chi connectivity index (χ0v) is 17.2. The number of rotatable bonds is 4. The van der Waals surface area contributed by atoms with Crippen LogP contribution in [-0.4, -0.2) is 45.3 Å². The molecular weight excluding hydrogens is 336 g/mol. The monoisotopic (exact) mass is 368 g/mol. The molecule has 6 heteroatoms. The molecular formula is C21H32N6. The van der Waals surface area contributed by atoms with Crippen molar-refractivity contribution in [3.8, 4) is 5.82 Å². The first kappa shape index (κ1) is 19.4. The summed E-state index contributed by atoms with van der Waals surface area (Å²) in [4.78, 5) is 11.9. The maximum atomic E-state index is 4.87. The lowest BCUT2D eigenvalue weighted by Gasteiger charge is -2.37. The number of aliphatic imine (C=N–C) groups is 1. The van der Waals surface area contributed by atoms with E-state index in [1.54, 1.807) is 0 Å². The molecule has 146 valence electrons. The average molecular weight is 369 g/mol. The summed E-state index contributed by atoms with van der Waals surface area (Å²) in [6.45, 7) is 14.5. The first-order valence-corrected chi connectivity index (χ1v) is 9.98. The molecule has 1 aliphatic heterocycles. The van der Waals surface area contributed by atoms with Gasteiger partial charge in [0.1, 0.15) is 0 Å². The van der Waals surface area contributed by atoms with Gasteiger partial charge in [-0.3, -0.25) is 0 Å². The number of likely N-dealkylation sites (tertiary alicyclic amines) is 1. The number of nitrogens with one attached hydrogen (secondary N) is 1. The number of pyridine rings is 1. The molecule has 2 aromatic rings. The summed E-state index contributed by atoms with van der Waals surface area (Å²) in [6.07, 6.45) is 3.20. The largest absolute Gasteiger partial charge is 0.357 e. The molecule has 1 saturated heterocycles. The van der Waals surface area contributed by atoms with Gasteiger partial charge in [-0.2, -0.15) is 5.10 Å². The summed E-state index contributed by atoms with van der Waals surface area (Å²) in [5.74, 6) is 3.27. The summed E-state index contributed by atoms with van der Waals surface area (Å²) in [7, 11) is 0. The Labute approximate surface area is 162 Å². The van der Waals surface area contributed by atoms with Crippen molar-refractivity contribution >= 4 is 5.96 Å². The Morgan fingerprint density at radius 3 is 2.52 bits per heavy atom. The summed E-state index contributed by atoms with van der Waals surface area (Å²) in [6, 6.07) is 6.17. The van der Waals surface area contributed by atoms with E-state index in [-0.39, 0.29) is 0 Å². The van der Waals surface area contributed by atoms with Crippen LogP contribution in [0.15, 0.2) is 29.4 Å². The van der Waals surface area contributed by atoms with Crippen molar-refractivity contribution in [1.82, 2.24) is 25.0 Å². The second-order valence-corrected chi connectivity index (χ2v) is 7.88. The maximum absolute atomic E-state index is 4.87. The van der Waals surface area contributed by atoms with Crippen LogP contribution in [-0.2, 0) is 6.54 Å². The zero-order valence-electron chi connectivity index (χ0n) is 17.2. The van der Waals surface area contributed by atoms with Crippen molar-refractivity contribution in [3.63, 3.8) is 0 Å². The van der Waals surface area contributed by atoms with Crippen LogP contribution in [0.5, 0.6) is 0 Å². The third kappa shape index (κ3) is 4.87. The van der Waals surface area contributed by atoms with E-state index in [0.717, 1.165) is 48.4 Å². The molecule has 0 radical (unpaired) electrons. The number of aromatic nitrogens is 3. The molecule has 1 aliphatic rings. The molecule has 0 bridgehead atoms. The Hall–Kier alpha value is -2.37. The number of hydrogen-bond donors (Lipinski definition) is 1. The highest BCUT2D eigenvalue weighted by molar-refractivity contribution is 5.80. The molecule has 1 N–H and O–H groups in total. The molecule has 1 fully saturated rings. The first-order valence-electron chi connectivity index (χ1n) is 9.98. The molecule has 27 heavy (non-hydrogen) atoms. The third-order valence-electron chi connectivity index (χ3n) is 4.95. The third-order valence-corrected chi connectivity index (χ3v) is 4.95. The average Bonchev–Trinajstić information content (AvgIpc) is 2.96. The molecule has 2 aromatic heterocycles. The molecule has 6 nitrogen and oxygen atoms in total. The van der Waals surface area contributed by atoms with E-state index >= 15 is 0 Å². The predicted octanol–water partition coefficient (Wildman–Crippen LogP) is 3.33. The van der Waals surface area contributed by atoms with Crippen LogP contribution in [0.3, 0.4) is 0 Å². The van der Waals surface area contributed by atoms with Gasteiger partial charge in [0, 0.05) is 31.5 Å². The zero-order chi connectivity index (χ0) is 19.4. The van der Waals surface area contributed by atoms with E-state index in [1.807, 2.05) is 30.8 Å². The van der Waals surface area contributed by atoms with Crippen LogP contribution < -0.4 is 5.32 Å². The topological polar surface area (TPSA) is 58.3 Å². The van der Waals surface area contributed by atoms with Crippen LogP contribution in [0.25, 0.3) is 5.82 Å². The molecule has 3 rings (SSSR count). The van der Waals surface area contributed by atoms with Crippen molar-refractivity contribution in [1.29, 1.82) is 0 Å². The summed E-state index contributed by atoms with van der Waals surface area (Å²) >= 11 is 0. The molecule has 0 amide bonds. The Morgan fingerprint density at radius 2 is 1.96 bits per heavy atom. The highest BCUT2D eigenvalue weighted by atomic mass is 15.3. The SMILES string of the molecule is CCNC(=NCc1ccc(-n2nc(C)cc2C)nc1)N1CC(C)CC(C)C1. The minimum absolute atomic E-state index is 0.631. The van der Waals surface area contributed by atoms with Crippen LogP contribution >= 0.6 is 0 Å². The fourth-order valence-corrected chi connectivity index (χ4v) is 3.92. The first-order chi connectivity index (χ1) is 13.0. The lowest BCUT2D eigenvalue weighted by molar-refractivity contribution is 0.208. The number of aryl methyl sites for hydroxylation is 2. The van der Waals surface area contributed by atoms with Crippen LogP contribution in [0.2, 0.25) is 0 Å². The van der Waals surface area contributed by atoms with Crippen molar-refractivity contribution in [3.05, 3.63) is 41.3 Å². The minimum atomic E-state index is 0.631. The van der Waals surface area contributed by atoms with Crippen molar-refractivity contribution in [2.45, 2.75) is 47.6 Å². The minimum Gasteiger partial charge on any atom is -0.357 e. The normalized spacial score (nSPS) is 20.8. The summed E-state index contributed by atoms with van der Waals surface area (Å²) < 4.78 is 1.88. The predicted molar refractivity (Wildman–Crippen MR) is 110 cm³/mol. The molecule has 0 aliphatic carbocycles. The lowest BCUT2D eigenvalue weighted by atomic mass is 9.92. The summed E-state index contributed by atoms with van der Waals surface area (Å²) in [5.41, 5.74) is 3.20. The van der Waals surface area contributed by atoms with E-state index in [4.69, 9.17) is 4.99 Å². The van der Waals surface area contributed by atoms with E-state index < -0.39 is 0 Å². The smallest absolute Gasteiger partial charge is 0.194 e. The highest BCUT2D eigenvalue weighted by Gasteiger charge is 2.23. The standard InChI is InChI=1S/C21H32N6/c1-6-22-21(26-13-15(2)9-16(3)14-26)24-12-19-7-8-20(23-11-19)27-18(5)10-17(4)25-27/h7-8,10-11,15-16H,6,9,12-14H2,1-5H3,(H,22,24). The molecule has 0 saturated carbocycles. The van der Waals surface area contributed by atoms with E-state index in [9.17, 15) is 0 Å². The summed E-state index contributed by atoms with van der Waals surface area (Å²) in [5, 5.41) is 7.95. The van der Waals surface area contributed by atoms with Gasteiger partial charge in [0.2, 0.25) is 0 Å². The van der Waals surface area contributed by atoms with Gasteiger partial charge < -0.3 is 10.2 Å². The van der Waals surface area contributed by atoms with Gasteiger partial charge in [-0.05, 0) is 56.7 Å². The quantitative estimate of drug-likeness (QED) is 0.664. The van der Waals surface area contributed by atoms with Crippen LogP contribution in [0.4, 0.5) is 0 Å². The van der Waals surface area contributed by atoms with E-state index in [1.165, 1.54) is 6.42 Å². The number of piperidine rings is 1. The second kappa shape index (κ2) is 8.55. The maximum Gasteiger partial charge on any atom is 0.194 e. The van der Waals surface area contributed by atoms with E-state index in [0.29, 0.717) is 18.4 Å². The number of guanidine groups is 1. The Kier molecular flexibility index (Phi) is 6.14. The van der Waals surface area contributed by atoms with Gasteiger partial charge in [0.25, 0.3) is 0 Å². The van der Waals surface area contributed by atoms with Gasteiger partial charge >= 0.3 is 0 Å². The molecule has 2 atom stereocenters. The Bertz CT molecular complexity index is 766. The van der Waals surface area contributed by atoms with Crippen molar-refractivity contribution in [2.24, 2.45) is 16.8 Å². The molecule has 2 unspecified atom stereocenters. The second-order valence-electron chi connectivity index (χ2n) is 7.88. The molecule has 0 aromatic carbocycles. The molecule has 3 heterocycles. The van der Waals surface area contributed by atoms with E-state index in [2.05, 4.69) is 53.2 Å². The fourth-order valence-electron chi connectivity index (χ4n) is 3.92. The van der Waals surface area contributed by atoms with Crippen molar-refractivity contribution in [2.75, 3.05) is 19.6 Å². The van der Waals surface area contributed by atoms with Crippen LogP contribution in [0.1, 0.15) is 44.1 Å².